The van der Waals surface area contributed by atoms with Crippen LogP contribution in [-0.2, 0) is 4.79 Å². The molecule has 2 rings (SSSR count). The van der Waals surface area contributed by atoms with E-state index in [1.165, 1.54) is 19.3 Å². The summed E-state index contributed by atoms with van der Waals surface area (Å²) < 4.78 is 10.7. The summed E-state index contributed by atoms with van der Waals surface area (Å²) in [5.74, 6) is 1.45. The van der Waals surface area contributed by atoms with Crippen LogP contribution >= 0.6 is 12.4 Å². The number of hydrogen-bond donors (Lipinski definition) is 2. The number of hydrogen-bond acceptors (Lipinski definition) is 4. The van der Waals surface area contributed by atoms with Gasteiger partial charge in [0.2, 0.25) is 5.91 Å². The highest BCUT2D eigenvalue weighted by Gasteiger charge is 2.33. The lowest BCUT2D eigenvalue weighted by molar-refractivity contribution is -0.124. The molecule has 148 valence electrons. The van der Waals surface area contributed by atoms with Gasteiger partial charge in [0.15, 0.2) is 11.5 Å². The predicted octanol–water partition coefficient (Wildman–Crippen LogP) is 3.91. The van der Waals surface area contributed by atoms with E-state index >= 15 is 0 Å². The smallest absolute Gasteiger partial charge is 0.221 e. The lowest BCUT2D eigenvalue weighted by Crippen LogP contribution is -2.39. The molecule has 3 N–H and O–H groups in total. The quantitative estimate of drug-likeness (QED) is 0.747. The van der Waals surface area contributed by atoms with Crippen LogP contribution in [0.5, 0.6) is 11.5 Å². The van der Waals surface area contributed by atoms with Gasteiger partial charge in [-0.1, -0.05) is 19.3 Å². The van der Waals surface area contributed by atoms with E-state index in [4.69, 9.17) is 15.2 Å². The number of amides is 1. The average molecular weight is 385 g/mol. The Morgan fingerprint density at radius 1 is 1.19 bits per heavy atom. The highest BCUT2D eigenvalue weighted by atomic mass is 35.5. The van der Waals surface area contributed by atoms with Crippen LogP contribution in [0.4, 0.5) is 0 Å². The van der Waals surface area contributed by atoms with Gasteiger partial charge in [0, 0.05) is 6.42 Å². The Balaban J connectivity index is 0.00000338. The van der Waals surface area contributed by atoms with Gasteiger partial charge in [-0.25, -0.2) is 0 Å². The zero-order valence-corrected chi connectivity index (χ0v) is 17.2. The Labute approximate surface area is 163 Å². The molecule has 26 heavy (non-hydrogen) atoms. The third-order valence-corrected chi connectivity index (χ3v) is 5.50. The average Bonchev–Trinajstić information content (AvgIpc) is 2.61. The van der Waals surface area contributed by atoms with Crippen molar-refractivity contribution < 1.29 is 14.3 Å². The Bertz CT molecular complexity index is 601. The molecule has 1 fully saturated rings. The second-order valence-electron chi connectivity index (χ2n) is 7.29. The van der Waals surface area contributed by atoms with Crippen molar-refractivity contribution in [3.63, 3.8) is 0 Å². The summed E-state index contributed by atoms with van der Waals surface area (Å²) in [6.45, 7) is 4.61. The minimum Gasteiger partial charge on any atom is -0.493 e. The normalized spacial score (nSPS) is 17.0. The number of aryl methyl sites for hydroxylation is 1. The summed E-state index contributed by atoms with van der Waals surface area (Å²) in [6.07, 6.45) is 6.23. The first-order valence-electron chi connectivity index (χ1n) is 9.16. The van der Waals surface area contributed by atoms with Crippen LogP contribution in [0.1, 0.15) is 62.6 Å². The Morgan fingerprint density at radius 2 is 1.77 bits per heavy atom. The van der Waals surface area contributed by atoms with E-state index in [9.17, 15) is 4.79 Å². The molecule has 1 aromatic rings. The second kappa shape index (κ2) is 10.0. The standard InChI is InChI=1S/C20H32N2O3.ClH/c1-14-10-17(24-3)18(25-4)11-16(14)15(2)22-19(23)12-20(13-21)8-6-5-7-9-20;/h10-11,15H,5-9,12-13,21H2,1-4H3,(H,22,23);1H. The fourth-order valence-electron chi connectivity index (χ4n) is 3.93. The van der Waals surface area contributed by atoms with Crippen molar-refractivity contribution in [2.24, 2.45) is 11.1 Å². The van der Waals surface area contributed by atoms with Crippen molar-refractivity contribution in [1.29, 1.82) is 0 Å². The van der Waals surface area contributed by atoms with Crippen LogP contribution in [-0.4, -0.2) is 26.7 Å². The number of nitrogens with two attached hydrogens (primary N) is 1. The van der Waals surface area contributed by atoms with Gasteiger partial charge in [-0.2, -0.15) is 0 Å². The lowest BCUT2D eigenvalue weighted by atomic mass is 9.71. The van der Waals surface area contributed by atoms with Gasteiger partial charge in [0.25, 0.3) is 0 Å². The zero-order chi connectivity index (χ0) is 18.4. The van der Waals surface area contributed by atoms with Crippen molar-refractivity contribution in [3.05, 3.63) is 23.3 Å². The number of rotatable bonds is 7. The molecule has 0 spiro atoms. The predicted molar refractivity (Wildman–Crippen MR) is 107 cm³/mol. The fourth-order valence-corrected chi connectivity index (χ4v) is 3.93. The van der Waals surface area contributed by atoms with Crippen LogP contribution in [0.25, 0.3) is 0 Å². The molecule has 0 heterocycles. The highest BCUT2D eigenvalue weighted by molar-refractivity contribution is 5.85. The summed E-state index contributed by atoms with van der Waals surface area (Å²) in [5.41, 5.74) is 8.10. The van der Waals surface area contributed by atoms with E-state index in [1.807, 2.05) is 26.0 Å². The lowest BCUT2D eigenvalue weighted by Gasteiger charge is -2.36. The number of methoxy groups -OCH3 is 2. The molecule has 5 nitrogen and oxygen atoms in total. The molecule has 0 radical (unpaired) electrons. The van der Waals surface area contributed by atoms with Crippen LogP contribution in [0, 0.1) is 12.3 Å². The van der Waals surface area contributed by atoms with Gasteiger partial charge >= 0.3 is 0 Å². The second-order valence-corrected chi connectivity index (χ2v) is 7.29. The number of ether oxygens (including phenoxy) is 2. The SMILES string of the molecule is COc1cc(C)c(C(C)NC(=O)CC2(CN)CCCCC2)cc1OC.Cl. The van der Waals surface area contributed by atoms with Gasteiger partial charge < -0.3 is 20.5 Å². The third kappa shape index (κ3) is 5.27. The number of carbonyl (C=O) groups excluding carboxylic acids is 1. The molecule has 1 aliphatic rings. The van der Waals surface area contributed by atoms with Gasteiger partial charge in [0.1, 0.15) is 0 Å². The van der Waals surface area contributed by atoms with E-state index in [0.717, 1.165) is 24.0 Å². The fraction of sp³-hybridized carbons (Fsp3) is 0.650. The molecule has 1 aromatic carbocycles. The molecule has 0 bridgehead atoms. The Morgan fingerprint density at radius 3 is 2.31 bits per heavy atom. The van der Waals surface area contributed by atoms with E-state index < -0.39 is 0 Å². The molecule has 1 aliphatic carbocycles. The summed E-state index contributed by atoms with van der Waals surface area (Å²) in [4.78, 5) is 12.6. The summed E-state index contributed by atoms with van der Waals surface area (Å²) in [7, 11) is 3.24. The summed E-state index contributed by atoms with van der Waals surface area (Å²) in [6, 6.07) is 3.79. The first-order valence-corrected chi connectivity index (χ1v) is 9.16. The summed E-state index contributed by atoms with van der Waals surface area (Å²) in [5, 5.41) is 3.14. The minimum atomic E-state index is -0.0919. The van der Waals surface area contributed by atoms with Crippen molar-refractivity contribution in [2.75, 3.05) is 20.8 Å². The monoisotopic (exact) mass is 384 g/mol. The molecular formula is C20H33ClN2O3. The van der Waals surface area contributed by atoms with E-state index in [1.54, 1.807) is 14.2 Å². The highest BCUT2D eigenvalue weighted by Crippen LogP contribution is 2.38. The third-order valence-electron chi connectivity index (χ3n) is 5.50. The topological polar surface area (TPSA) is 73.6 Å². The molecule has 1 amide bonds. The molecule has 1 saturated carbocycles. The molecule has 1 atom stereocenters. The van der Waals surface area contributed by atoms with Crippen molar-refractivity contribution >= 4 is 18.3 Å². The maximum Gasteiger partial charge on any atom is 0.221 e. The number of halogens is 1. The molecule has 1 unspecified atom stereocenters. The largest absolute Gasteiger partial charge is 0.493 e. The van der Waals surface area contributed by atoms with Gasteiger partial charge in [0.05, 0.1) is 20.3 Å². The minimum absolute atomic E-state index is 0. The van der Waals surface area contributed by atoms with Crippen LogP contribution in [0.2, 0.25) is 0 Å². The van der Waals surface area contributed by atoms with Crippen molar-refractivity contribution in [3.8, 4) is 11.5 Å². The van der Waals surface area contributed by atoms with E-state index in [2.05, 4.69) is 5.32 Å². The maximum absolute atomic E-state index is 12.6. The van der Waals surface area contributed by atoms with Crippen molar-refractivity contribution in [1.82, 2.24) is 5.32 Å². The zero-order valence-electron chi connectivity index (χ0n) is 16.4. The molecule has 0 aromatic heterocycles. The number of nitrogens with one attached hydrogen (secondary N) is 1. The Hall–Kier alpha value is -1.46. The first kappa shape index (κ1) is 22.6. The van der Waals surface area contributed by atoms with Gasteiger partial charge in [-0.3, -0.25) is 4.79 Å². The molecule has 0 saturated heterocycles. The molecular weight excluding hydrogens is 352 g/mol. The van der Waals surface area contributed by atoms with Crippen LogP contribution in [0.15, 0.2) is 12.1 Å². The van der Waals surface area contributed by atoms with E-state index in [-0.39, 0.29) is 29.8 Å². The number of carbonyl (C=O) groups is 1. The summed E-state index contributed by atoms with van der Waals surface area (Å²) >= 11 is 0. The first-order chi connectivity index (χ1) is 11.9. The molecule has 0 aliphatic heterocycles. The van der Waals surface area contributed by atoms with Crippen molar-refractivity contribution in [2.45, 2.75) is 58.4 Å². The maximum atomic E-state index is 12.6. The van der Waals surface area contributed by atoms with E-state index in [0.29, 0.717) is 24.5 Å². The van der Waals surface area contributed by atoms with Crippen LogP contribution in [0.3, 0.4) is 0 Å². The van der Waals surface area contributed by atoms with Gasteiger partial charge in [-0.05, 0) is 61.9 Å². The number of benzene rings is 1. The van der Waals surface area contributed by atoms with Crippen LogP contribution < -0.4 is 20.5 Å². The Kier molecular flexibility index (Phi) is 8.71. The molecule has 6 heteroatoms. The van der Waals surface area contributed by atoms with Gasteiger partial charge in [-0.15, -0.1) is 12.4 Å².